The summed E-state index contributed by atoms with van der Waals surface area (Å²) in [5, 5.41) is 49.6. The number of nitrogens with zero attached hydrogens (tertiary/aromatic N) is 1. The van der Waals surface area contributed by atoms with Crippen molar-refractivity contribution in [1.82, 2.24) is 120 Å². The van der Waals surface area contributed by atoms with Gasteiger partial charge in [-0.2, -0.15) is 0 Å². The number of benzene rings is 4. The number of carbonyl (C=O) groups is 17. The molecule has 5 aromatic heterocycles. The maximum absolute atomic E-state index is 15.7. The van der Waals surface area contributed by atoms with Gasteiger partial charge in [0.15, 0.2) is 0 Å². The van der Waals surface area contributed by atoms with Crippen LogP contribution in [-0.2, 0) is 114 Å². The van der Waals surface area contributed by atoms with Gasteiger partial charge in [0.1, 0.15) is 91.2 Å². The van der Waals surface area contributed by atoms with Gasteiger partial charge < -0.3 is 120 Å². The molecule has 0 saturated carbocycles. The molecule has 17 amide bonds. The second-order valence-corrected chi connectivity index (χ2v) is 40.4. The van der Waals surface area contributed by atoms with Gasteiger partial charge in [-0.1, -0.05) is 184 Å². The minimum atomic E-state index is -1.50. The Morgan fingerprint density at radius 2 is 0.610 bits per heavy atom. The van der Waals surface area contributed by atoms with Crippen LogP contribution in [0, 0.1) is 47.3 Å². The Kier molecular flexibility index (Phi) is 43.3. The Morgan fingerprint density at radius 3 is 0.952 bits per heavy atom. The molecule has 790 valence electrons. The Bertz CT molecular complexity index is 5970. The summed E-state index contributed by atoms with van der Waals surface area (Å²) in [6.45, 7) is 30.1. The van der Waals surface area contributed by atoms with Crippen LogP contribution in [0.5, 0.6) is 0 Å². The van der Waals surface area contributed by atoms with Gasteiger partial charge >= 0.3 is 6.09 Å². The zero-order chi connectivity index (χ0) is 107. The summed E-state index contributed by atoms with van der Waals surface area (Å²) in [5.74, 6) is -14.9. The lowest BCUT2D eigenvalue weighted by Gasteiger charge is -2.31. The van der Waals surface area contributed by atoms with E-state index in [0.29, 0.717) is 56.9 Å². The highest BCUT2D eigenvalue weighted by atomic mass is 16.5. The number of amides is 17. The van der Waals surface area contributed by atoms with Crippen molar-refractivity contribution in [2.45, 2.75) is 267 Å². The highest BCUT2D eigenvalue weighted by molar-refractivity contribution is 6.02. The summed E-state index contributed by atoms with van der Waals surface area (Å²) >= 11 is 0. The number of fused-ring (bicyclic) bond motifs is 4. The lowest BCUT2D eigenvalue weighted by molar-refractivity contribution is -0.137. The molecule has 22 N–H and O–H groups in total. The number of hydrogen-bond donors (Lipinski definition) is 22. The van der Waals surface area contributed by atoms with Crippen molar-refractivity contribution in [2.24, 2.45) is 47.3 Å². The van der Waals surface area contributed by atoms with Gasteiger partial charge in [0.05, 0.1) is 19.4 Å². The number of ether oxygens (including phenoxy) is 1. The zero-order valence-corrected chi connectivity index (χ0v) is 86.5. The molecule has 146 heavy (non-hydrogen) atoms. The number of aromatic nitrogens is 6. The summed E-state index contributed by atoms with van der Waals surface area (Å²) in [6, 6.07) is 10.8. The molecule has 0 fully saturated rings. The van der Waals surface area contributed by atoms with E-state index in [-0.39, 0.29) is 101 Å². The number of para-hydroxylation sites is 4. The van der Waals surface area contributed by atoms with Crippen LogP contribution in [0.4, 0.5) is 4.79 Å². The Labute approximate surface area is 849 Å². The molecule has 4 aromatic carbocycles. The SMILES string of the molecule is CC(C)C[C@@H](NC(=O)[C@H](C)NC(=O)CNC(=O)[C@@H](NC=O)C(C)C)C(=O)N[C@@H](C)C(=O)N[C@@H](C(=O)N[C@H](C(=O)N[C@@H](C(=O)N[C@@H](Cc1c[nH]c2ccccc12)C(=O)N[C@H](CC(C)C)C(=O)N[C@@H](Cc1c[nH]c2ccccc12)C(=O)N[C@H](CC(C)C)C(=O)N[C@@H](Cc1c[nH]c2ccccc12)C(=O)N[C@H](CC(C)C)C(=O)N[C@@H](Cc1c[nH]c2ccccc12)C(=O)NCCOC(=O)NCCc1cnc[nH]1)C(C)C)C(C)C)C(C)C. The van der Waals surface area contributed by atoms with Crippen LogP contribution < -0.4 is 90.4 Å². The van der Waals surface area contributed by atoms with E-state index < -0.39 is 204 Å². The number of carbonyl (C=O) groups excluding carboxylic acids is 17. The van der Waals surface area contributed by atoms with Gasteiger partial charge in [0.2, 0.25) is 95.0 Å². The van der Waals surface area contributed by atoms with E-state index >= 15 is 33.6 Å². The highest BCUT2D eigenvalue weighted by Crippen LogP contribution is 2.27. The van der Waals surface area contributed by atoms with E-state index in [1.165, 1.54) is 20.2 Å². The first-order valence-electron chi connectivity index (χ1n) is 50.1. The molecule has 41 heteroatoms. The first-order valence-corrected chi connectivity index (χ1v) is 50.1. The second-order valence-electron chi connectivity index (χ2n) is 40.4. The average Bonchev–Trinajstić information content (AvgIpc) is 1.66. The van der Waals surface area contributed by atoms with Gasteiger partial charge in [-0.25, -0.2) is 9.78 Å². The van der Waals surface area contributed by atoms with Gasteiger partial charge in [-0.15, -0.1) is 0 Å². The van der Waals surface area contributed by atoms with Crippen molar-refractivity contribution in [3.05, 3.63) is 162 Å². The van der Waals surface area contributed by atoms with E-state index in [0.717, 1.165) is 27.5 Å². The van der Waals surface area contributed by atoms with Crippen LogP contribution in [0.1, 0.15) is 178 Å². The van der Waals surface area contributed by atoms with Crippen LogP contribution in [0.25, 0.3) is 43.6 Å². The molecule has 0 unspecified atom stereocenters. The molecule has 0 bridgehead atoms. The normalized spacial score (nSPS) is 14.5. The minimum absolute atomic E-state index is 0.00735. The third-order valence-corrected chi connectivity index (χ3v) is 25.0. The predicted octanol–water partition coefficient (Wildman–Crippen LogP) is 5.07. The monoisotopic (exact) mass is 2020 g/mol. The highest BCUT2D eigenvalue weighted by Gasteiger charge is 2.41. The number of H-pyrrole nitrogens is 5. The number of alkyl carbamates (subject to hydrolysis) is 1. The van der Waals surface area contributed by atoms with E-state index in [9.17, 15) is 47.9 Å². The van der Waals surface area contributed by atoms with E-state index in [1.54, 1.807) is 106 Å². The van der Waals surface area contributed by atoms with Gasteiger partial charge in [-0.3, -0.25) is 76.7 Å². The third kappa shape index (κ3) is 34.1. The van der Waals surface area contributed by atoms with Crippen LogP contribution in [0.15, 0.2) is 134 Å². The van der Waals surface area contributed by atoms with Gasteiger partial charge in [0.25, 0.3) is 0 Å². The Morgan fingerprint density at radius 1 is 0.308 bits per heavy atom. The Balaban J connectivity index is 0.916. The first-order chi connectivity index (χ1) is 69.4. The molecule has 0 aliphatic carbocycles. The largest absolute Gasteiger partial charge is 0.448 e. The maximum atomic E-state index is 15.7. The summed E-state index contributed by atoms with van der Waals surface area (Å²) in [6.07, 6.45) is 9.75. The van der Waals surface area contributed by atoms with Crippen molar-refractivity contribution in [2.75, 3.05) is 26.2 Å². The maximum Gasteiger partial charge on any atom is 0.407 e. The number of rotatable bonds is 57. The van der Waals surface area contributed by atoms with Gasteiger partial charge in [-0.05, 0) is 133 Å². The summed E-state index contributed by atoms with van der Waals surface area (Å²) in [4.78, 5) is 263. The molecular weight excluding hydrogens is 1870 g/mol. The number of aromatic amines is 5. The molecule has 5 heterocycles. The first kappa shape index (κ1) is 115. The molecule has 0 saturated heterocycles. The summed E-state index contributed by atoms with van der Waals surface area (Å²) < 4.78 is 5.36. The summed E-state index contributed by atoms with van der Waals surface area (Å²) in [5.41, 5.74) is 6.19. The predicted molar refractivity (Wildman–Crippen MR) is 552 cm³/mol. The lowest BCUT2D eigenvalue weighted by atomic mass is 9.97. The van der Waals surface area contributed by atoms with Crippen molar-refractivity contribution < 1.29 is 86.2 Å². The number of nitrogens with one attached hydrogen (secondary N) is 22. The fraction of sp³-hybridized carbons (Fsp3) is 0.505. The fourth-order valence-corrected chi connectivity index (χ4v) is 17.2. The van der Waals surface area contributed by atoms with Crippen LogP contribution in [0.3, 0.4) is 0 Å². The van der Waals surface area contributed by atoms with Gasteiger partial charge in [0, 0.05) is 119 Å². The molecule has 0 radical (unpaired) electrons. The topological polar surface area (TPSA) is 596 Å². The molecule has 9 rings (SSSR count). The number of imidazole rings is 1. The molecular formula is C105H147N23O18. The molecule has 41 nitrogen and oxygen atoms in total. The van der Waals surface area contributed by atoms with Crippen LogP contribution >= 0.6 is 0 Å². The minimum Gasteiger partial charge on any atom is -0.448 e. The Hall–Kier alpha value is -15.0. The average molecular weight is 2020 g/mol. The molecule has 0 aliphatic rings. The zero-order valence-electron chi connectivity index (χ0n) is 86.5. The standard InChI is InChI=1S/C105H147N23O18/c1-55(2)39-78(118-91(131)63(17)116-86(130)52-113-101(141)87(59(9)10)115-54-129)94(134)117-64(18)92(132)126-89(61(13)14)103(143)128-90(62(15)16)104(144)127-88(60(11)12)102(142)125-85(46-68-50-112-77-34-26-22-30-73(68)77)100(140)121-81(42-58(7)8)97(137)124-84(45-67-49-111-76-33-25-21-29-72(67)76)99(139)120-80(41-57(5)6)96(136)123-83(44-66-48-110-75-32-24-20-28-71(66)75)98(138)119-79(40-56(3)4)95(135)122-82(43-65-47-109-74-31-23-19-27-70(65)74)93(133)107-37-38-146-105(145)108-36-35-69-51-106-53-114-69/h19-34,47-51,53-64,78-85,87-90,109-112H,35-46,52H2,1-18H3,(H,106,114)(H,107,133)(H,108,145)(H,113,141)(H,115,129)(H,116,130)(H,117,134)(H,118,131)(H,119,138)(H,120,139)(H,121,140)(H,122,135)(H,123,136)(H,124,137)(H,125,142)(H,126,132)(H,127,144)(H,128,143)/t63-,64-,78+,79+,80+,81+,82-,83-,84-,85-,87-,88+,89+,90-/m0/s1. The molecule has 0 spiro atoms. The van der Waals surface area contributed by atoms with Crippen molar-refractivity contribution in [3.8, 4) is 0 Å². The van der Waals surface area contributed by atoms with Crippen molar-refractivity contribution in [3.63, 3.8) is 0 Å². The fourth-order valence-electron chi connectivity index (χ4n) is 17.2. The lowest BCUT2D eigenvalue weighted by Crippen LogP contribution is -2.62. The van der Waals surface area contributed by atoms with Crippen LogP contribution in [-0.4, -0.2) is 242 Å². The number of hydrogen-bond acceptors (Lipinski definition) is 19. The quantitative estimate of drug-likeness (QED) is 0.0175. The van der Waals surface area contributed by atoms with E-state index in [4.69, 9.17) is 4.74 Å². The van der Waals surface area contributed by atoms with Crippen LogP contribution in [0.2, 0.25) is 0 Å². The molecule has 9 aromatic rings. The smallest absolute Gasteiger partial charge is 0.407 e. The molecule has 0 aliphatic heterocycles. The van der Waals surface area contributed by atoms with E-state index in [2.05, 4.69) is 120 Å². The van der Waals surface area contributed by atoms with E-state index in [1.807, 2.05) is 133 Å². The molecule has 14 atom stereocenters. The third-order valence-electron chi connectivity index (χ3n) is 25.0. The van der Waals surface area contributed by atoms with Crippen molar-refractivity contribution >= 4 is 145 Å². The second kappa shape index (κ2) is 55.2. The summed E-state index contributed by atoms with van der Waals surface area (Å²) in [7, 11) is 0. The van der Waals surface area contributed by atoms with Crippen molar-refractivity contribution in [1.29, 1.82) is 0 Å².